The van der Waals surface area contributed by atoms with Crippen LogP contribution in [0.4, 0.5) is 4.39 Å². The number of carboxylic acid groups (broad SMARTS) is 1. The van der Waals surface area contributed by atoms with Crippen molar-refractivity contribution in [1.29, 1.82) is 0 Å². The standard InChI is InChI=1S/C12H15BrFNO2S/c1-18-5-4-11(12(16)17)15-7-8-2-3-9(13)6-10(8)14/h2-3,6,11,15H,4-5,7H2,1H3,(H,16,17). The Hall–Kier alpha value is -0.590. The maximum absolute atomic E-state index is 13.5. The number of benzene rings is 1. The van der Waals surface area contributed by atoms with Gasteiger partial charge in [0.1, 0.15) is 11.9 Å². The number of nitrogens with one attached hydrogen (secondary N) is 1. The lowest BCUT2D eigenvalue weighted by Crippen LogP contribution is -2.36. The summed E-state index contributed by atoms with van der Waals surface area (Å²) in [5.74, 6) is -0.486. The quantitative estimate of drug-likeness (QED) is 0.804. The predicted octanol–water partition coefficient (Wildman–Crippen LogP) is 2.88. The Morgan fingerprint density at radius 3 is 2.89 bits per heavy atom. The smallest absolute Gasteiger partial charge is 0.320 e. The van der Waals surface area contributed by atoms with E-state index in [4.69, 9.17) is 5.11 Å². The van der Waals surface area contributed by atoms with Crippen LogP contribution in [0.1, 0.15) is 12.0 Å². The molecule has 18 heavy (non-hydrogen) atoms. The van der Waals surface area contributed by atoms with Crippen LogP contribution >= 0.6 is 27.7 Å². The van der Waals surface area contributed by atoms with Crippen LogP contribution in [-0.2, 0) is 11.3 Å². The van der Waals surface area contributed by atoms with Gasteiger partial charge in [0.2, 0.25) is 0 Å². The summed E-state index contributed by atoms with van der Waals surface area (Å²) in [7, 11) is 0. The fraction of sp³-hybridized carbons (Fsp3) is 0.417. The third-order valence-electron chi connectivity index (χ3n) is 2.46. The topological polar surface area (TPSA) is 49.3 Å². The van der Waals surface area contributed by atoms with Crippen molar-refractivity contribution in [2.45, 2.75) is 19.0 Å². The van der Waals surface area contributed by atoms with Gasteiger partial charge in [0.05, 0.1) is 0 Å². The highest BCUT2D eigenvalue weighted by Crippen LogP contribution is 2.15. The lowest BCUT2D eigenvalue weighted by molar-refractivity contribution is -0.139. The van der Waals surface area contributed by atoms with E-state index < -0.39 is 12.0 Å². The molecule has 0 saturated heterocycles. The van der Waals surface area contributed by atoms with Crippen LogP contribution in [0.5, 0.6) is 0 Å². The zero-order chi connectivity index (χ0) is 13.5. The average molecular weight is 336 g/mol. The van der Waals surface area contributed by atoms with Gasteiger partial charge < -0.3 is 10.4 Å². The second-order valence-electron chi connectivity index (χ2n) is 3.79. The van der Waals surface area contributed by atoms with E-state index in [1.54, 1.807) is 23.9 Å². The highest BCUT2D eigenvalue weighted by Gasteiger charge is 2.16. The first kappa shape index (κ1) is 15.5. The molecule has 1 aromatic carbocycles. The van der Waals surface area contributed by atoms with Crippen molar-refractivity contribution >= 4 is 33.7 Å². The molecule has 0 aliphatic rings. The molecule has 0 radical (unpaired) electrons. The van der Waals surface area contributed by atoms with Gasteiger partial charge in [0.25, 0.3) is 0 Å². The number of carbonyl (C=O) groups is 1. The van der Waals surface area contributed by atoms with E-state index >= 15 is 0 Å². The van der Waals surface area contributed by atoms with Gasteiger partial charge in [0.15, 0.2) is 0 Å². The molecule has 1 unspecified atom stereocenters. The maximum atomic E-state index is 13.5. The zero-order valence-electron chi connectivity index (χ0n) is 9.95. The SMILES string of the molecule is CSCCC(NCc1ccc(Br)cc1F)C(=O)O. The molecule has 1 atom stereocenters. The Morgan fingerprint density at radius 1 is 1.61 bits per heavy atom. The van der Waals surface area contributed by atoms with E-state index in [1.807, 2.05) is 6.26 Å². The van der Waals surface area contributed by atoms with E-state index in [-0.39, 0.29) is 12.4 Å². The van der Waals surface area contributed by atoms with Crippen LogP contribution in [0.15, 0.2) is 22.7 Å². The van der Waals surface area contributed by atoms with Crippen molar-refractivity contribution in [2.24, 2.45) is 0 Å². The lowest BCUT2D eigenvalue weighted by Gasteiger charge is -2.14. The minimum atomic E-state index is -0.901. The molecule has 0 fully saturated rings. The first-order valence-electron chi connectivity index (χ1n) is 5.43. The number of aliphatic carboxylic acids is 1. The van der Waals surface area contributed by atoms with E-state index in [0.29, 0.717) is 16.5 Å². The van der Waals surface area contributed by atoms with Crippen LogP contribution in [0.2, 0.25) is 0 Å². The summed E-state index contributed by atoms with van der Waals surface area (Å²) in [4.78, 5) is 11.0. The normalized spacial score (nSPS) is 12.4. The minimum Gasteiger partial charge on any atom is -0.480 e. The van der Waals surface area contributed by atoms with Gasteiger partial charge in [-0.05, 0) is 30.6 Å². The van der Waals surface area contributed by atoms with Crippen LogP contribution in [0.3, 0.4) is 0 Å². The van der Waals surface area contributed by atoms with Gasteiger partial charge >= 0.3 is 5.97 Å². The maximum Gasteiger partial charge on any atom is 0.320 e. The Kier molecular flexibility index (Phi) is 6.67. The molecule has 0 aromatic heterocycles. The van der Waals surface area contributed by atoms with Crippen molar-refractivity contribution in [2.75, 3.05) is 12.0 Å². The van der Waals surface area contributed by atoms with E-state index in [2.05, 4.69) is 21.2 Å². The van der Waals surface area contributed by atoms with Gasteiger partial charge in [0, 0.05) is 16.6 Å². The van der Waals surface area contributed by atoms with Crippen molar-refractivity contribution < 1.29 is 14.3 Å². The molecule has 1 rings (SSSR count). The molecule has 3 nitrogen and oxygen atoms in total. The number of thioether (sulfide) groups is 1. The number of hydrogen-bond donors (Lipinski definition) is 2. The summed E-state index contributed by atoms with van der Waals surface area (Å²) in [5.41, 5.74) is 0.466. The third-order valence-corrected chi connectivity index (χ3v) is 3.60. The fourth-order valence-electron chi connectivity index (χ4n) is 1.45. The van der Waals surface area contributed by atoms with Crippen LogP contribution in [-0.4, -0.2) is 29.1 Å². The van der Waals surface area contributed by atoms with Gasteiger partial charge in [-0.3, -0.25) is 4.79 Å². The van der Waals surface area contributed by atoms with Gasteiger partial charge in [-0.1, -0.05) is 22.0 Å². The molecule has 0 aliphatic heterocycles. The van der Waals surface area contributed by atoms with Crippen LogP contribution in [0, 0.1) is 5.82 Å². The molecular formula is C12H15BrFNO2S. The number of rotatable bonds is 7. The highest BCUT2D eigenvalue weighted by atomic mass is 79.9. The monoisotopic (exact) mass is 335 g/mol. The largest absolute Gasteiger partial charge is 0.480 e. The van der Waals surface area contributed by atoms with E-state index in [9.17, 15) is 9.18 Å². The summed E-state index contributed by atoms with van der Waals surface area (Å²) in [6.45, 7) is 0.213. The Bertz CT molecular complexity index is 417. The summed E-state index contributed by atoms with van der Waals surface area (Å²) < 4.78 is 14.2. The molecule has 0 amide bonds. The molecule has 1 aromatic rings. The summed E-state index contributed by atoms with van der Waals surface area (Å²) >= 11 is 4.77. The van der Waals surface area contributed by atoms with Gasteiger partial charge in [-0.25, -0.2) is 4.39 Å². The first-order chi connectivity index (χ1) is 8.54. The first-order valence-corrected chi connectivity index (χ1v) is 7.62. The second kappa shape index (κ2) is 7.76. The van der Waals surface area contributed by atoms with E-state index in [1.165, 1.54) is 6.07 Å². The van der Waals surface area contributed by atoms with Crippen molar-refractivity contribution in [1.82, 2.24) is 5.32 Å². The number of carboxylic acids is 1. The molecule has 0 heterocycles. The Labute approximate surface area is 118 Å². The Balaban J connectivity index is 2.58. The molecule has 0 saturated carbocycles. The fourth-order valence-corrected chi connectivity index (χ4v) is 2.25. The molecular weight excluding hydrogens is 321 g/mol. The van der Waals surface area contributed by atoms with Crippen LogP contribution in [0.25, 0.3) is 0 Å². The average Bonchev–Trinajstić information content (AvgIpc) is 2.31. The molecule has 100 valence electrons. The van der Waals surface area contributed by atoms with Crippen molar-refractivity contribution in [3.8, 4) is 0 Å². The molecule has 2 N–H and O–H groups in total. The molecule has 0 spiro atoms. The third kappa shape index (κ3) is 4.96. The summed E-state index contributed by atoms with van der Waals surface area (Å²) in [6, 6.07) is 4.10. The number of hydrogen-bond acceptors (Lipinski definition) is 3. The molecule has 0 bridgehead atoms. The molecule has 6 heteroatoms. The lowest BCUT2D eigenvalue weighted by atomic mass is 10.1. The predicted molar refractivity (Wildman–Crippen MR) is 75.4 cm³/mol. The van der Waals surface area contributed by atoms with Crippen molar-refractivity contribution in [3.05, 3.63) is 34.1 Å². The highest BCUT2D eigenvalue weighted by molar-refractivity contribution is 9.10. The second-order valence-corrected chi connectivity index (χ2v) is 5.69. The van der Waals surface area contributed by atoms with Crippen molar-refractivity contribution in [3.63, 3.8) is 0 Å². The van der Waals surface area contributed by atoms with Crippen LogP contribution < -0.4 is 5.32 Å². The zero-order valence-corrected chi connectivity index (χ0v) is 12.4. The molecule has 0 aliphatic carbocycles. The Morgan fingerprint density at radius 2 is 2.33 bits per heavy atom. The minimum absolute atomic E-state index is 0.213. The summed E-state index contributed by atoms with van der Waals surface area (Å²) in [6.07, 6.45) is 2.45. The summed E-state index contributed by atoms with van der Waals surface area (Å²) in [5, 5.41) is 11.9. The number of halogens is 2. The van der Waals surface area contributed by atoms with E-state index in [0.717, 1.165) is 5.75 Å². The van der Waals surface area contributed by atoms with Gasteiger partial charge in [-0.15, -0.1) is 0 Å². The van der Waals surface area contributed by atoms with Gasteiger partial charge in [-0.2, -0.15) is 11.8 Å².